The molecular formula is C16H16N4O5. The summed E-state index contributed by atoms with van der Waals surface area (Å²) in [6.45, 7) is 1.61. The first-order chi connectivity index (χ1) is 11.9. The van der Waals surface area contributed by atoms with Gasteiger partial charge in [0.05, 0.1) is 28.2 Å². The molecule has 0 bridgehead atoms. The van der Waals surface area contributed by atoms with Crippen LogP contribution in [0.5, 0.6) is 0 Å². The first-order valence-corrected chi connectivity index (χ1v) is 7.36. The predicted octanol–water partition coefficient (Wildman–Crippen LogP) is 2.95. The van der Waals surface area contributed by atoms with E-state index >= 15 is 0 Å². The maximum atomic E-state index is 11.2. The third kappa shape index (κ3) is 4.36. The second kappa shape index (κ2) is 7.97. The summed E-state index contributed by atoms with van der Waals surface area (Å²) < 4.78 is 0. The number of hydrogen-bond donors (Lipinski definition) is 2. The highest BCUT2D eigenvalue weighted by Crippen LogP contribution is 2.29. The summed E-state index contributed by atoms with van der Waals surface area (Å²) in [5.74, 6) is -0.313. The van der Waals surface area contributed by atoms with Crippen molar-refractivity contribution >= 4 is 22.8 Å². The molecule has 130 valence electrons. The number of hydrazone groups is 1. The molecule has 2 aromatic carbocycles. The number of nitrogens with zero attached hydrogens (tertiary/aromatic N) is 3. The quantitative estimate of drug-likeness (QED) is 0.451. The summed E-state index contributed by atoms with van der Waals surface area (Å²) in [6, 6.07) is 12.3. The standard InChI is InChI=1S/C16H16N4O5/c1-11(10-21)16(12-5-3-2-4-6-12)18-17-14-8-7-13(19(22)23)9-15(14)20(24)25/h2-9,11,17,21H,10H2,1H3/b18-16+. The molecule has 0 aromatic heterocycles. The molecule has 0 aliphatic carbocycles. The first kappa shape index (κ1) is 18.0. The Kier molecular flexibility index (Phi) is 5.75. The van der Waals surface area contributed by atoms with Gasteiger partial charge in [-0.05, 0) is 11.6 Å². The molecule has 0 fully saturated rings. The lowest BCUT2D eigenvalue weighted by atomic mass is 9.99. The monoisotopic (exact) mass is 344 g/mol. The fourth-order valence-corrected chi connectivity index (χ4v) is 2.15. The second-order valence-electron chi connectivity index (χ2n) is 5.27. The van der Waals surface area contributed by atoms with Gasteiger partial charge in [0.2, 0.25) is 0 Å². The molecule has 2 aromatic rings. The van der Waals surface area contributed by atoms with E-state index in [1.54, 1.807) is 19.1 Å². The Labute approximate surface area is 142 Å². The lowest BCUT2D eigenvalue weighted by molar-refractivity contribution is -0.393. The molecule has 0 heterocycles. The van der Waals surface area contributed by atoms with E-state index in [-0.39, 0.29) is 23.9 Å². The van der Waals surface area contributed by atoms with E-state index in [9.17, 15) is 25.3 Å². The van der Waals surface area contributed by atoms with Gasteiger partial charge in [0.25, 0.3) is 5.69 Å². The van der Waals surface area contributed by atoms with Crippen LogP contribution < -0.4 is 5.43 Å². The number of nitro benzene ring substituents is 2. The third-order valence-electron chi connectivity index (χ3n) is 3.50. The maximum absolute atomic E-state index is 11.2. The molecule has 0 saturated carbocycles. The van der Waals surface area contributed by atoms with E-state index in [0.29, 0.717) is 5.71 Å². The van der Waals surface area contributed by atoms with Crippen LogP contribution in [0.2, 0.25) is 0 Å². The summed E-state index contributed by atoms with van der Waals surface area (Å²) in [6.07, 6.45) is 0. The number of benzene rings is 2. The van der Waals surface area contributed by atoms with Gasteiger partial charge in [-0.3, -0.25) is 25.7 Å². The Morgan fingerprint density at radius 2 is 1.84 bits per heavy atom. The van der Waals surface area contributed by atoms with Crippen LogP contribution in [0, 0.1) is 26.1 Å². The molecule has 0 saturated heterocycles. The summed E-state index contributed by atoms with van der Waals surface area (Å²) in [5, 5.41) is 35.5. The molecule has 0 spiro atoms. The van der Waals surface area contributed by atoms with Crippen molar-refractivity contribution in [1.29, 1.82) is 0 Å². The van der Waals surface area contributed by atoms with E-state index in [4.69, 9.17) is 0 Å². The van der Waals surface area contributed by atoms with Crippen molar-refractivity contribution in [3.05, 3.63) is 74.3 Å². The molecule has 9 heteroatoms. The van der Waals surface area contributed by atoms with Gasteiger partial charge < -0.3 is 5.11 Å². The molecule has 0 radical (unpaired) electrons. The number of rotatable bonds is 7. The zero-order valence-corrected chi connectivity index (χ0v) is 13.3. The van der Waals surface area contributed by atoms with E-state index in [1.807, 2.05) is 18.2 Å². The second-order valence-corrected chi connectivity index (χ2v) is 5.27. The molecule has 2 N–H and O–H groups in total. The van der Waals surface area contributed by atoms with Gasteiger partial charge in [0.1, 0.15) is 5.69 Å². The Morgan fingerprint density at radius 1 is 1.16 bits per heavy atom. The van der Waals surface area contributed by atoms with E-state index in [2.05, 4.69) is 10.5 Å². The number of hydrogen-bond acceptors (Lipinski definition) is 7. The van der Waals surface area contributed by atoms with E-state index in [0.717, 1.165) is 17.7 Å². The van der Waals surface area contributed by atoms with Gasteiger partial charge in [-0.1, -0.05) is 37.3 Å². The number of nitro groups is 2. The molecular weight excluding hydrogens is 328 g/mol. The van der Waals surface area contributed by atoms with Crippen LogP contribution >= 0.6 is 0 Å². The highest BCUT2D eigenvalue weighted by molar-refractivity contribution is 6.02. The topological polar surface area (TPSA) is 131 Å². The Hall–Kier alpha value is -3.33. The number of anilines is 1. The maximum Gasteiger partial charge on any atom is 0.301 e. The van der Waals surface area contributed by atoms with Crippen LogP contribution in [0.15, 0.2) is 53.6 Å². The van der Waals surface area contributed by atoms with Crippen LogP contribution in [-0.2, 0) is 0 Å². The van der Waals surface area contributed by atoms with Crippen molar-refractivity contribution in [2.75, 3.05) is 12.0 Å². The molecule has 25 heavy (non-hydrogen) atoms. The van der Waals surface area contributed by atoms with Crippen molar-refractivity contribution in [1.82, 2.24) is 0 Å². The Balaban J connectivity index is 2.40. The zero-order chi connectivity index (χ0) is 18.4. The van der Waals surface area contributed by atoms with Crippen molar-refractivity contribution in [2.45, 2.75) is 6.92 Å². The minimum Gasteiger partial charge on any atom is -0.396 e. The van der Waals surface area contributed by atoms with Crippen molar-refractivity contribution < 1.29 is 15.0 Å². The SMILES string of the molecule is CC(CO)/C(=N\Nc1ccc([N+](=O)[O-])cc1[N+](=O)[O-])c1ccccc1. The van der Waals surface area contributed by atoms with Gasteiger partial charge >= 0.3 is 5.69 Å². The highest BCUT2D eigenvalue weighted by Gasteiger charge is 2.20. The fraction of sp³-hybridized carbons (Fsp3) is 0.188. The number of non-ortho nitro benzene ring substituents is 1. The Bertz CT molecular complexity index is 807. The molecule has 9 nitrogen and oxygen atoms in total. The predicted molar refractivity (Wildman–Crippen MR) is 92.6 cm³/mol. The van der Waals surface area contributed by atoms with E-state index < -0.39 is 15.5 Å². The minimum absolute atomic E-state index is 0.0224. The van der Waals surface area contributed by atoms with Gasteiger partial charge in [0.15, 0.2) is 0 Å². The minimum atomic E-state index is -0.720. The molecule has 1 unspecified atom stereocenters. The number of aliphatic hydroxyl groups excluding tert-OH is 1. The average Bonchev–Trinajstić information content (AvgIpc) is 2.62. The number of nitrogens with one attached hydrogen (secondary N) is 1. The third-order valence-corrected chi connectivity index (χ3v) is 3.50. The first-order valence-electron chi connectivity index (χ1n) is 7.36. The van der Waals surface area contributed by atoms with Gasteiger partial charge in [0, 0.05) is 12.0 Å². The van der Waals surface area contributed by atoms with Crippen LogP contribution in [0.3, 0.4) is 0 Å². The number of aliphatic hydroxyl groups is 1. The van der Waals surface area contributed by atoms with E-state index in [1.165, 1.54) is 6.07 Å². The molecule has 0 aliphatic rings. The summed E-state index contributed by atoms with van der Waals surface area (Å²) in [5.41, 5.74) is 3.03. The van der Waals surface area contributed by atoms with Crippen LogP contribution in [-0.4, -0.2) is 27.3 Å². The van der Waals surface area contributed by atoms with Crippen LogP contribution in [0.4, 0.5) is 17.1 Å². The van der Waals surface area contributed by atoms with Crippen molar-refractivity contribution in [3.63, 3.8) is 0 Å². The normalized spacial score (nSPS) is 12.5. The van der Waals surface area contributed by atoms with Crippen LogP contribution in [0.25, 0.3) is 0 Å². The smallest absolute Gasteiger partial charge is 0.301 e. The molecule has 2 rings (SSSR count). The van der Waals surface area contributed by atoms with Crippen molar-refractivity contribution in [2.24, 2.45) is 11.0 Å². The molecule has 0 amide bonds. The lowest BCUT2D eigenvalue weighted by Gasteiger charge is -2.13. The van der Waals surface area contributed by atoms with Gasteiger partial charge in [-0.15, -0.1) is 0 Å². The lowest BCUT2D eigenvalue weighted by Crippen LogP contribution is -2.18. The van der Waals surface area contributed by atoms with Gasteiger partial charge in [-0.2, -0.15) is 5.10 Å². The van der Waals surface area contributed by atoms with Gasteiger partial charge in [-0.25, -0.2) is 0 Å². The highest BCUT2D eigenvalue weighted by atomic mass is 16.6. The van der Waals surface area contributed by atoms with Crippen LogP contribution in [0.1, 0.15) is 12.5 Å². The largest absolute Gasteiger partial charge is 0.396 e. The summed E-state index contributed by atoms with van der Waals surface area (Å²) in [7, 11) is 0. The summed E-state index contributed by atoms with van der Waals surface area (Å²) >= 11 is 0. The molecule has 1 atom stereocenters. The van der Waals surface area contributed by atoms with Crippen molar-refractivity contribution in [3.8, 4) is 0 Å². The Morgan fingerprint density at radius 3 is 2.40 bits per heavy atom. The average molecular weight is 344 g/mol. The fourth-order valence-electron chi connectivity index (χ4n) is 2.15. The molecule has 0 aliphatic heterocycles. The zero-order valence-electron chi connectivity index (χ0n) is 13.3. The summed E-state index contributed by atoms with van der Waals surface area (Å²) in [4.78, 5) is 20.5.